The van der Waals surface area contributed by atoms with Gasteiger partial charge in [0.2, 0.25) is 0 Å². The molecule has 96 valence electrons. The Labute approximate surface area is 105 Å². The Morgan fingerprint density at radius 1 is 1.56 bits per heavy atom. The lowest BCUT2D eigenvalue weighted by Crippen LogP contribution is -2.41. The molecule has 0 unspecified atom stereocenters. The van der Waals surface area contributed by atoms with Crippen LogP contribution < -0.4 is 5.32 Å². The second-order valence-electron chi connectivity index (χ2n) is 4.42. The van der Waals surface area contributed by atoms with Gasteiger partial charge < -0.3 is 9.73 Å². The molecule has 0 aromatic carbocycles. The molecule has 1 N–H and O–H groups in total. The summed E-state index contributed by atoms with van der Waals surface area (Å²) in [5.41, 5.74) is 0. The Bertz CT molecular complexity index is 476. The number of carbonyl (C=O) groups excluding carboxylic acids is 1. The summed E-state index contributed by atoms with van der Waals surface area (Å²) < 4.78 is 6.77. The van der Waals surface area contributed by atoms with E-state index in [0.29, 0.717) is 12.3 Å². The van der Waals surface area contributed by atoms with Gasteiger partial charge in [0.25, 0.3) is 5.91 Å². The number of hydrogen-bond acceptors (Lipinski definition) is 4. The lowest BCUT2D eigenvalue weighted by atomic mass is 10.0. The molecule has 2 heterocycles. The summed E-state index contributed by atoms with van der Waals surface area (Å²) >= 11 is 0. The number of carbonyl (C=O) groups is 1. The van der Waals surface area contributed by atoms with E-state index < -0.39 is 0 Å². The van der Waals surface area contributed by atoms with Crippen LogP contribution in [0.1, 0.15) is 24.4 Å². The molecule has 0 radical (unpaired) electrons. The standard InChI is InChI=1S/C12H16N4O2/c1-9(2)10(6-16-8-13-7-14-16)15-12(17)11-4-3-5-18-11/h3-5,7-10H,6H2,1-2H3,(H,15,17)/t10-/m0/s1. The number of aromatic nitrogens is 3. The molecular formula is C12H16N4O2. The van der Waals surface area contributed by atoms with Gasteiger partial charge in [-0.05, 0) is 18.1 Å². The first kappa shape index (κ1) is 12.3. The number of hydrogen-bond donors (Lipinski definition) is 1. The summed E-state index contributed by atoms with van der Waals surface area (Å²) in [6, 6.07) is 3.31. The van der Waals surface area contributed by atoms with E-state index in [9.17, 15) is 4.79 Å². The highest BCUT2D eigenvalue weighted by Gasteiger charge is 2.19. The molecule has 2 aromatic rings. The summed E-state index contributed by atoms with van der Waals surface area (Å²) in [7, 11) is 0. The molecule has 6 nitrogen and oxygen atoms in total. The van der Waals surface area contributed by atoms with Crippen molar-refractivity contribution in [1.82, 2.24) is 20.1 Å². The zero-order valence-electron chi connectivity index (χ0n) is 10.4. The normalized spacial score (nSPS) is 12.6. The van der Waals surface area contributed by atoms with Crippen LogP contribution in [-0.2, 0) is 6.54 Å². The fourth-order valence-corrected chi connectivity index (χ4v) is 1.60. The minimum absolute atomic E-state index is 0.0238. The number of furan rings is 1. The summed E-state index contributed by atoms with van der Waals surface area (Å²) in [6.45, 7) is 4.68. The Morgan fingerprint density at radius 2 is 2.39 bits per heavy atom. The van der Waals surface area contributed by atoms with Gasteiger partial charge in [-0.1, -0.05) is 13.8 Å². The van der Waals surface area contributed by atoms with Crippen molar-refractivity contribution in [3.8, 4) is 0 Å². The molecule has 0 aliphatic rings. The van der Waals surface area contributed by atoms with Crippen LogP contribution in [0.3, 0.4) is 0 Å². The quantitative estimate of drug-likeness (QED) is 0.866. The van der Waals surface area contributed by atoms with Crippen LogP contribution in [0.5, 0.6) is 0 Å². The van der Waals surface area contributed by atoms with Crippen molar-refractivity contribution in [2.75, 3.05) is 0 Å². The van der Waals surface area contributed by atoms with Crippen molar-refractivity contribution in [1.29, 1.82) is 0 Å². The largest absolute Gasteiger partial charge is 0.459 e. The molecule has 1 amide bonds. The second kappa shape index (κ2) is 5.48. The van der Waals surface area contributed by atoms with Gasteiger partial charge in [-0.3, -0.25) is 9.48 Å². The van der Waals surface area contributed by atoms with Crippen LogP contribution in [0.25, 0.3) is 0 Å². The maximum absolute atomic E-state index is 11.9. The molecular weight excluding hydrogens is 232 g/mol. The predicted octanol–water partition coefficient (Wildman–Crippen LogP) is 1.33. The molecule has 2 rings (SSSR count). The Morgan fingerprint density at radius 3 is 2.94 bits per heavy atom. The fourth-order valence-electron chi connectivity index (χ4n) is 1.60. The molecule has 0 bridgehead atoms. The molecule has 1 atom stereocenters. The van der Waals surface area contributed by atoms with Gasteiger partial charge in [0.15, 0.2) is 5.76 Å². The van der Waals surface area contributed by atoms with E-state index in [1.807, 2.05) is 13.8 Å². The van der Waals surface area contributed by atoms with Crippen LogP contribution in [-0.4, -0.2) is 26.7 Å². The van der Waals surface area contributed by atoms with Gasteiger partial charge >= 0.3 is 0 Å². The van der Waals surface area contributed by atoms with E-state index in [1.54, 1.807) is 23.1 Å². The molecule has 0 spiro atoms. The van der Waals surface area contributed by atoms with E-state index in [0.717, 1.165) is 0 Å². The average molecular weight is 248 g/mol. The third-order valence-corrected chi connectivity index (χ3v) is 2.72. The molecule has 18 heavy (non-hydrogen) atoms. The van der Waals surface area contributed by atoms with E-state index >= 15 is 0 Å². The van der Waals surface area contributed by atoms with E-state index in [4.69, 9.17) is 4.42 Å². The van der Waals surface area contributed by atoms with Crippen molar-refractivity contribution in [3.05, 3.63) is 36.8 Å². The molecule has 0 fully saturated rings. The zero-order chi connectivity index (χ0) is 13.0. The SMILES string of the molecule is CC(C)[C@H](Cn1cncn1)NC(=O)c1ccco1. The zero-order valence-corrected chi connectivity index (χ0v) is 10.4. The Kier molecular flexibility index (Phi) is 3.76. The third-order valence-electron chi connectivity index (χ3n) is 2.72. The number of amides is 1. The highest BCUT2D eigenvalue weighted by atomic mass is 16.3. The van der Waals surface area contributed by atoms with Crippen LogP contribution in [0.2, 0.25) is 0 Å². The average Bonchev–Trinajstić information content (AvgIpc) is 3.00. The topological polar surface area (TPSA) is 73.0 Å². The minimum atomic E-state index is -0.209. The smallest absolute Gasteiger partial charge is 0.287 e. The molecule has 0 aliphatic carbocycles. The molecule has 0 saturated carbocycles. The van der Waals surface area contributed by atoms with Crippen molar-refractivity contribution in [2.24, 2.45) is 5.92 Å². The summed E-state index contributed by atoms with van der Waals surface area (Å²) in [5, 5.41) is 6.98. The van der Waals surface area contributed by atoms with Gasteiger partial charge in [0.05, 0.1) is 18.8 Å². The monoisotopic (exact) mass is 248 g/mol. The summed E-state index contributed by atoms with van der Waals surface area (Å²) in [5.74, 6) is 0.395. The lowest BCUT2D eigenvalue weighted by molar-refractivity contribution is 0.0891. The van der Waals surface area contributed by atoms with Gasteiger partial charge in [-0.2, -0.15) is 5.10 Å². The van der Waals surface area contributed by atoms with E-state index in [1.165, 1.54) is 12.6 Å². The highest BCUT2D eigenvalue weighted by molar-refractivity contribution is 5.91. The first-order valence-corrected chi connectivity index (χ1v) is 5.83. The van der Waals surface area contributed by atoms with Crippen LogP contribution in [0.4, 0.5) is 0 Å². The predicted molar refractivity (Wildman–Crippen MR) is 64.8 cm³/mol. The van der Waals surface area contributed by atoms with E-state index in [2.05, 4.69) is 15.4 Å². The van der Waals surface area contributed by atoms with Gasteiger partial charge in [0, 0.05) is 0 Å². The molecule has 0 saturated heterocycles. The fraction of sp³-hybridized carbons (Fsp3) is 0.417. The lowest BCUT2D eigenvalue weighted by Gasteiger charge is -2.21. The number of nitrogens with one attached hydrogen (secondary N) is 1. The van der Waals surface area contributed by atoms with Gasteiger partial charge in [-0.25, -0.2) is 4.98 Å². The number of nitrogens with zero attached hydrogens (tertiary/aromatic N) is 3. The molecule has 2 aromatic heterocycles. The van der Waals surface area contributed by atoms with Gasteiger partial charge in [0.1, 0.15) is 12.7 Å². The van der Waals surface area contributed by atoms with Gasteiger partial charge in [-0.15, -0.1) is 0 Å². The second-order valence-corrected chi connectivity index (χ2v) is 4.42. The van der Waals surface area contributed by atoms with E-state index in [-0.39, 0.29) is 17.9 Å². The summed E-state index contributed by atoms with van der Waals surface area (Å²) in [4.78, 5) is 15.8. The maximum atomic E-state index is 11.9. The van der Waals surface area contributed by atoms with Crippen LogP contribution in [0.15, 0.2) is 35.5 Å². The Balaban J connectivity index is 2.00. The Hall–Kier alpha value is -2.11. The third kappa shape index (κ3) is 2.97. The highest BCUT2D eigenvalue weighted by Crippen LogP contribution is 2.07. The van der Waals surface area contributed by atoms with Crippen molar-refractivity contribution >= 4 is 5.91 Å². The maximum Gasteiger partial charge on any atom is 0.287 e. The minimum Gasteiger partial charge on any atom is -0.459 e. The van der Waals surface area contributed by atoms with Crippen molar-refractivity contribution in [3.63, 3.8) is 0 Å². The van der Waals surface area contributed by atoms with Crippen LogP contribution >= 0.6 is 0 Å². The van der Waals surface area contributed by atoms with Crippen molar-refractivity contribution in [2.45, 2.75) is 26.4 Å². The first-order chi connectivity index (χ1) is 8.66. The molecule has 6 heteroatoms. The number of rotatable bonds is 5. The van der Waals surface area contributed by atoms with Crippen molar-refractivity contribution < 1.29 is 9.21 Å². The first-order valence-electron chi connectivity index (χ1n) is 5.83. The van der Waals surface area contributed by atoms with Crippen LogP contribution in [0, 0.1) is 5.92 Å². The summed E-state index contributed by atoms with van der Waals surface area (Å²) in [6.07, 6.45) is 4.59. The molecule has 0 aliphatic heterocycles.